The van der Waals surface area contributed by atoms with Crippen LogP contribution in [0.2, 0.25) is 0 Å². The Morgan fingerprint density at radius 1 is 1.00 bits per heavy atom. The molecule has 2 atom stereocenters. The molecule has 1 fully saturated rings. The second kappa shape index (κ2) is 6.18. The fraction of sp³-hybridized carbons (Fsp3) is 0.250. The Labute approximate surface area is 119 Å². The highest BCUT2D eigenvalue weighted by molar-refractivity contribution is 5.26. The molecule has 1 saturated carbocycles. The molecule has 0 heterocycles. The van der Waals surface area contributed by atoms with Crippen LogP contribution in [-0.2, 0) is 6.54 Å². The highest BCUT2D eigenvalue weighted by atomic mass is 35.5. The summed E-state index contributed by atoms with van der Waals surface area (Å²) in [6, 6.07) is 18.2. The van der Waals surface area contributed by atoms with Gasteiger partial charge in [-0.3, -0.25) is 0 Å². The maximum absolute atomic E-state index is 12.8. The first-order chi connectivity index (χ1) is 8.83. The fourth-order valence-corrected chi connectivity index (χ4v) is 2.47. The lowest BCUT2D eigenvalue weighted by Crippen LogP contribution is -3.00. The highest BCUT2D eigenvalue weighted by Crippen LogP contribution is 2.37. The summed E-state index contributed by atoms with van der Waals surface area (Å²) in [7, 11) is 0. The number of hydrogen-bond acceptors (Lipinski definition) is 0. The number of nitrogens with two attached hydrogens (primary N) is 1. The van der Waals surface area contributed by atoms with Crippen molar-refractivity contribution >= 4 is 0 Å². The number of halogens is 2. The molecule has 0 aromatic heterocycles. The van der Waals surface area contributed by atoms with Crippen LogP contribution < -0.4 is 17.7 Å². The number of hydrogen-bond donors (Lipinski definition) is 1. The number of quaternary nitrogens is 1. The monoisotopic (exact) mass is 277 g/mol. The van der Waals surface area contributed by atoms with Crippen LogP contribution in [0.3, 0.4) is 0 Å². The van der Waals surface area contributed by atoms with Crippen LogP contribution in [0.4, 0.5) is 4.39 Å². The summed E-state index contributed by atoms with van der Waals surface area (Å²) in [6.45, 7) is 0.939. The lowest BCUT2D eigenvalue weighted by atomic mass is 10.1. The van der Waals surface area contributed by atoms with Gasteiger partial charge in [0.25, 0.3) is 0 Å². The molecule has 3 heteroatoms. The van der Waals surface area contributed by atoms with E-state index in [1.165, 1.54) is 29.7 Å². The van der Waals surface area contributed by atoms with Gasteiger partial charge in [-0.1, -0.05) is 42.5 Å². The maximum Gasteiger partial charge on any atom is 0.123 e. The summed E-state index contributed by atoms with van der Waals surface area (Å²) in [4.78, 5) is 0. The van der Waals surface area contributed by atoms with Crippen LogP contribution in [0, 0.1) is 5.82 Å². The van der Waals surface area contributed by atoms with Gasteiger partial charge >= 0.3 is 0 Å². The molecule has 1 aliphatic carbocycles. The predicted octanol–water partition coefficient (Wildman–Crippen LogP) is -0.551. The van der Waals surface area contributed by atoms with Crippen molar-refractivity contribution in [1.82, 2.24) is 0 Å². The third-order valence-corrected chi connectivity index (χ3v) is 3.64. The summed E-state index contributed by atoms with van der Waals surface area (Å²) in [5.41, 5.74) is 2.63. The third-order valence-electron chi connectivity index (χ3n) is 3.64. The molecule has 3 rings (SSSR count). The van der Waals surface area contributed by atoms with E-state index in [9.17, 15) is 4.39 Å². The lowest BCUT2D eigenvalue weighted by Gasteiger charge is -2.02. The Kier molecular flexibility index (Phi) is 4.56. The minimum atomic E-state index is -0.160. The van der Waals surface area contributed by atoms with E-state index in [4.69, 9.17) is 0 Å². The summed E-state index contributed by atoms with van der Waals surface area (Å²) in [6.07, 6.45) is 1.26. The molecule has 2 N–H and O–H groups in total. The quantitative estimate of drug-likeness (QED) is 0.772. The maximum atomic E-state index is 12.8. The summed E-state index contributed by atoms with van der Waals surface area (Å²) in [5, 5.41) is 2.37. The van der Waals surface area contributed by atoms with E-state index in [1.54, 1.807) is 0 Å². The van der Waals surface area contributed by atoms with Gasteiger partial charge in [0.15, 0.2) is 0 Å². The van der Waals surface area contributed by atoms with E-state index in [-0.39, 0.29) is 18.2 Å². The van der Waals surface area contributed by atoms with Crippen molar-refractivity contribution in [2.75, 3.05) is 0 Å². The zero-order chi connectivity index (χ0) is 12.4. The van der Waals surface area contributed by atoms with E-state index in [0.717, 1.165) is 6.54 Å². The molecule has 1 nitrogen and oxygen atoms in total. The van der Waals surface area contributed by atoms with Crippen molar-refractivity contribution < 1.29 is 22.1 Å². The van der Waals surface area contributed by atoms with Gasteiger partial charge in [0.2, 0.25) is 0 Å². The zero-order valence-electron chi connectivity index (χ0n) is 10.6. The molecule has 1 unspecified atom stereocenters. The minimum absolute atomic E-state index is 0. The first-order valence-corrected chi connectivity index (χ1v) is 6.45. The standard InChI is InChI=1S/C16H16FN.ClH/c17-14-8-6-12(7-9-14)11-18-16-10-15(16)13-4-2-1-3-5-13;/h1-9,15-16,18H,10-11H2;1H/t15?,16-;/m0./s1. The van der Waals surface area contributed by atoms with Gasteiger partial charge in [-0.05, 0) is 17.7 Å². The van der Waals surface area contributed by atoms with E-state index in [2.05, 4.69) is 35.6 Å². The Bertz CT molecular complexity index is 512. The smallest absolute Gasteiger partial charge is 0.123 e. The van der Waals surface area contributed by atoms with Gasteiger partial charge in [-0.2, -0.15) is 0 Å². The summed E-state index contributed by atoms with van der Waals surface area (Å²) >= 11 is 0. The van der Waals surface area contributed by atoms with Crippen molar-refractivity contribution in [3.63, 3.8) is 0 Å². The van der Waals surface area contributed by atoms with Crippen LogP contribution in [0.5, 0.6) is 0 Å². The molecule has 0 spiro atoms. The Morgan fingerprint density at radius 2 is 1.68 bits per heavy atom. The van der Waals surface area contributed by atoms with Crippen molar-refractivity contribution in [1.29, 1.82) is 0 Å². The average Bonchev–Trinajstić information content (AvgIpc) is 3.19. The van der Waals surface area contributed by atoms with Gasteiger partial charge < -0.3 is 17.7 Å². The average molecular weight is 278 g/mol. The SMILES string of the molecule is Fc1ccc(C[NH2+][C@H]2CC2c2ccccc2)cc1.[Cl-]. The minimum Gasteiger partial charge on any atom is -1.00 e. The van der Waals surface area contributed by atoms with Crippen molar-refractivity contribution in [3.8, 4) is 0 Å². The molecule has 2 aromatic carbocycles. The molecule has 19 heavy (non-hydrogen) atoms. The molecule has 0 saturated heterocycles. The van der Waals surface area contributed by atoms with E-state index >= 15 is 0 Å². The normalized spacial score (nSPS) is 20.7. The molecule has 0 bridgehead atoms. The van der Waals surface area contributed by atoms with Gasteiger partial charge in [0, 0.05) is 17.9 Å². The van der Waals surface area contributed by atoms with Gasteiger partial charge in [-0.15, -0.1) is 0 Å². The van der Waals surface area contributed by atoms with Gasteiger partial charge in [0.1, 0.15) is 12.4 Å². The molecule has 0 aliphatic heterocycles. The molecule has 0 radical (unpaired) electrons. The van der Waals surface area contributed by atoms with Crippen LogP contribution in [-0.4, -0.2) is 6.04 Å². The predicted molar refractivity (Wildman–Crippen MR) is 69.6 cm³/mol. The molecular weight excluding hydrogens is 261 g/mol. The first kappa shape index (κ1) is 14.0. The second-order valence-electron chi connectivity index (χ2n) is 4.98. The van der Waals surface area contributed by atoms with E-state index in [0.29, 0.717) is 12.0 Å². The highest BCUT2D eigenvalue weighted by Gasteiger charge is 2.41. The summed E-state index contributed by atoms with van der Waals surface area (Å²) in [5.74, 6) is 0.541. The third kappa shape index (κ3) is 3.55. The number of rotatable bonds is 4. The molecule has 1 aliphatic rings. The van der Waals surface area contributed by atoms with Crippen LogP contribution >= 0.6 is 0 Å². The first-order valence-electron chi connectivity index (χ1n) is 6.45. The largest absolute Gasteiger partial charge is 1.00 e. The van der Waals surface area contributed by atoms with Gasteiger partial charge in [0.05, 0.1) is 6.04 Å². The van der Waals surface area contributed by atoms with Crippen molar-refractivity contribution in [2.45, 2.75) is 24.9 Å². The lowest BCUT2D eigenvalue weighted by molar-refractivity contribution is -0.684. The Morgan fingerprint density at radius 3 is 2.37 bits per heavy atom. The van der Waals surface area contributed by atoms with Crippen LogP contribution in [0.1, 0.15) is 23.5 Å². The molecule has 0 amide bonds. The molecular formula is C16H17ClFN. The number of benzene rings is 2. The molecule has 2 aromatic rings. The summed E-state index contributed by atoms with van der Waals surface area (Å²) < 4.78 is 12.8. The topological polar surface area (TPSA) is 16.6 Å². The van der Waals surface area contributed by atoms with Crippen LogP contribution in [0.15, 0.2) is 54.6 Å². The van der Waals surface area contributed by atoms with E-state index in [1.807, 2.05) is 12.1 Å². The van der Waals surface area contributed by atoms with Crippen molar-refractivity contribution in [2.24, 2.45) is 0 Å². The second-order valence-corrected chi connectivity index (χ2v) is 4.98. The Hall–Kier alpha value is -1.38. The Balaban J connectivity index is 0.00000133. The zero-order valence-corrected chi connectivity index (χ0v) is 11.4. The fourth-order valence-electron chi connectivity index (χ4n) is 2.47. The molecule has 100 valence electrons. The van der Waals surface area contributed by atoms with E-state index < -0.39 is 0 Å². The van der Waals surface area contributed by atoms with Crippen LogP contribution in [0.25, 0.3) is 0 Å². The van der Waals surface area contributed by atoms with Gasteiger partial charge in [-0.25, -0.2) is 4.39 Å². The van der Waals surface area contributed by atoms with Crippen molar-refractivity contribution in [3.05, 3.63) is 71.5 Å².